The number of amides is 1. The first-order valence-electron chi connectivity index (χ1n) is 10.9. The number of hydrogen-bond donors (Lipinski definition) is 2. The summed E-state index contributed by atoms with van der Waals surface area (Å²) in [6.45, 7) is 10.8. The van der Waals surface area contributed by atoms with Crippen molar-refractivity contribution in [2.45, 2.75) is 59.7 Å². The molecule has 0 bridgehead atoms. The van der Waals surface area contributed by atoms with Crippen LogP contribution in [0.3, 0.4) is 0 Å². The van der Waals surface area contributed by atoms with Crippen molar-refractivity contribution in [2.75, 3.05) is 19.6 Å². The Labute approximate surface area is 202 Å². The Bertz CT molecular complexity index is 879. The topological polar surface area (TPSA) is 74.6 Å². The summed E-state index contributed by atoms with van der Waals surface area (Å²) in [7, 11) is 0. The number of aromatic nitrogens is 2. The van der Waals surface area contributed by atoms with E-state index in [1.54, 1.807) is 0 Å². The molecule has 0 aliphatic carbocycles. The summed E-state index contributed by atoms with van der Waals surface area (Å²) < 4.78 is 2.05. The van der Waals surface area contributed by atoms with Gasteiger partial charge in [-0.3, -0.25) is 9.48 Å². The molecule has 0 unspecified atom stereocenters. The van der Waals surface area contributed by atoms with E-state index in [1.165, 1.54) is 11.3 Å². The fraction of sp³-hybridized carbons (Fsp3) is 0.522. The van der Waals surface area contributed by atoms with Crippen molar-refractivity contribution in [3.8, 4) is 0 Å². The highest BCUT2D eigenvalue weighted by Gasteiger charge is 2.20. The average Bonchev–Trinajstić information content (AvgIpc) is 3.28. The number of aryl methyl sites for hydroxylation is 3. The summed E-state index contributed by atoms with van der Waals surface area (Å²) in [5.41, 5.74) is 4.60. The minimum Gasteiger partial charge on any atom is -0.357 e. The molecule has 0 saturated carbocycles. The second kappa shape index (κ2) is 12.7. The maximum Gasteiger partial charge on any atom is 0.222 e. The Morgan fingerprint density at radius 1 is 1.19 bits per heavy atom. The van der Waals surface area contributed by atoms with Crippen LogP contribution in [0.15, 0.2) is 35.3 Å². The van der Waals surface area contributed by atoms with Gasteiger partial charge in [-0.2, -0.15) is 5.10 Å². The van der Waals surface area contributed by atoms with Crippen molar-refractivity contribution in [3.05, 3.63) is 52.8 Å². The van der Waals surface area contributed by atoms with E-state index in [-0.39, 0.29) is 29.9 Å². The van der Waals surface area contributed by atoms with Crippen molar-refractivity contribution < 1.29 is 4.79 Å². The molecule has 0 spiro atoms. The number of carbonyl (C=O) groups excluding carboxylic acids is 1. The quantitative estimate of drug-likeness (QED) is 0.222. The number of benzene rings is 1. The first-order chi connectivity index (χ1) is 14.6. The molecular formula is C23H35IN6O. The van der Waals surface area contributed by atoms with E-state index in [0.717, 1.165) is 56.2 Å². The van der Waals surface area contributed by atoms with E-state index >= 15 is 0 Å². The predicted octanol–water partition coefficient (Wildman–Crippen LogP) is 3.39. The number of aliphatic imine (C=N–C) groups is 1. The highest BCUT2D eigenvalue weighted by molar-refractivity contribution is 14.0. The van der Waals surface area contributed by atoms with Gasteiger partial charge < -0.3 is 15.5 Å². The van der Waals surface area contributed by atoms with E-state index in [0.29, 0.717) is 19.5 Å². The van der Waals surface area contributed by atoms with Crippen LogP contribution in [0.4, 0.5) is 0 Å². The van der Waals surface area contributed by atoms with Crippen LogP contribution in [0.2, 0.25) is 0 Å². The third-order valence-corrected chi connectivity index (χ3v) is 5.35. The molecule has 7 nitrogen and oxygen atoms in total. The van der Waals surface area contributed by atoms with Gasteiger partial charge in [0.2, 0.25) is 5.91 Å². The van der Waals surface area contributed by atoms with Crippen LogP contribution in [0.25, 0.3) is 0 Å². The van der Waals surface area contributed by atoms with E-state index in [4.69, 9.17) is 4.99 Å². The van der Waals surface area contributed by atoms with Gasteiger partial charge >= 0.3 is 0 Å². The Morgan fingerprint density at radius 2 is 1.97 bits per heavy atom. The van der Waals surface area contributed by atoms with Gasteiger partial charge in [-0.15, -0.1) is 24.0 Å². The first-order valence-corrected chi connectivity index (χ1v) is 10.9. The molecular weight excluding hydrogens is 503 g/mol. The zero-order chi connectivity index (χ0) is 21.3. The largest absolute Gasteiger partial charge is 0.357 e. The van der Waals surface area contributed by atoms with Crippen LogP contribution < -0.4 is 10.6 Å². The average molecular weight is 538 g/mol. The molecule has 1 aliphatic heterocycles. The molecule has 1 aliphatic rings. The zero-order valence-electron chi connectivity index (χ0n) is 18.9. The van der Waals surface area contributed by atoms with E-state index < -0.39 is 0 Å². The molecule has 3 rings (SSSR count). The van der Waals surface area contributed by atoms with Crippen LogP contribution in [0, 0.1) is 13.8 Å². The van der Waals surface area contributed by atoms with Gasteiger partial charge in [-0.25, -0.2) is 4.99 Å². The van der Waals surface area contributed by atoms with Gasteiger partial charge in [0, 0.05) is 44.8 Å². The van der Waals surface area contributed by atoms with E-state index in [1.807, 2.05) is 24.0 Å². The number of rotatable bonds is 9. The molecule has 1 fully saturated rings. The van der Waals surface area contributed by atoms with Crippen molar-refractivity contribution in [2.24, 2.45) is 4.99 Å². The summed E-state index contributed by atoms with van der Waals surface area (Å²) in [5, 5.41) is 11.3. The summed E-state index contributed by atoms with van der Waals surface area (Å²) in [4.78, 5) is 18.7. The molecule has 170 valence electrons. The van der Waals surface area contributed by atoms with Gasteiger partial charge in [-0.05, 0) is 50.8 Å². The maximum absolute atomic E-state index is 12.0. The number of guanidine groups is 1. The molecule has 31 heavy (non-hydrogen) atoms. The van der Waals surface area contributed by atoms with Crippen LogP contribution in [0.1, 0.15) is 48.7 Å². The first kappa shape index (κ1) is 25.2. The van der Waals surface area contributed by atoms with Crippen molar-refractivity contribution in [3.63, 3.8) is 0 Å². The number of nitrogens with zero attached hydrogens (tertiary/aromatic N) is 4. The second-order valence-corrected chi connectivity index (χ2v) is 7.81. The lowest BCUT2D eigenvalue weighted by molar-refractivity contribution is -0.128. The number of halogens is 1. The molecule has 0 atom stereocenters. The smallest absolute Gasteiger partial charge is 0.222 e. The van der Waals surface area contributed by atoms with Crippen molar-refractivity contribution in [1.29, 1.82) is 0 Å². The number of nitrogens with one attached hydrogen (secondary N) is 2. The summed E-state index contributed by atoms with van der Waals surface area (Å²) in [6, 6.07) is 10.4. The van der Waals surface area contributed by atoms with Gasteiger partial charge in [0.15, 0.2) is 5.96 Å². The van der Waals surface area contributed by atoms with Crippen LogP contribution >= 0.6 is 24.0 Å². The Balaban J connectivity index is 0.00000341. The fourth-order valence-electron chi connectivity index (χ4n) is 3.79. The molecule has 1 saturated heterocycles. The molecule has 1 amide bonds. The van der Waals surface area contributed by atoms with Gasteiger partial charge in [0.05, 0.1) is 12.2 Å². The maximum atomic E-state index is 12.0. The Morgan fingerprint density at radius 3 is 2.61 bits per heavy atom. The summed E-state index contributed by atoms with van der Waals surface area (Å²) in [6.07, 6.45) is 2.61. The third kappa shape index (κ3) is 7.52. The molecule has 2 aromatic rings. The van der Waals surface area contributed by atoms with Gasteiger partial charge in [0.25, 0.3) is 0 Å². The second-order valence-electron chi connectivity index (χ2n) is 7.81. The SMILES string of the molecule is CCNC(=NCc1ccccc1CN1CCCC1=O)NCCCn1nc(C)cc1C.I. The Hall–Kier alpha value is -2.10. The lowest BCUT2D eigenvalue weighted by Crippen LogP contribution is -2.38. The highest BCUT2D eigenvalue weighted by atomic mass is 127. The third-order valence-electron chi connectivity index (χ3n) is 5.35. The summed E-state index contributed by atoms with van der Waals surface area (Å²) in [5.74, 6) is 1.07. The van der Waals surface area contributed by atoms with Gasteiger partial charge in [-0.1, -0.05) is 24.3 Å². The molecule has 8 heteroatoms. The van der Waals surface area contributed by atoms with Crippen molar-refractivity contribution >= 4 is 35.8 Å². The van der Waals surface area contributed by atoms with Crippen LogP contribution in [-0.2, 0) is 24.4 Å². The summed E-state index contributed by atoms with van der Waals surface area (Å²) >= 11 is 0. The lowest BCUT2D eigenvalue weighted by Gasteiger charge is -2.18. The molecule has 2 N–H and O–H groups in total. The molecule has 1 aromatic heterocycles. The molecule has 2 heterocycles. The van der Waals surface area contributed by atoms with Crippen LogP contribution in [-0.4, -0.2) is 46.2 Å². The highest BCUT2D eigenvalue weighted by Crippen LogP contribution is 2.17. The van der Waals surface area contributed by atoms with Gasteiger partial charge in [0.1, 0.15) is 0 Å². The van der Waals surface area contributed by atoms with Crippen molar-refractivity contribution in [1.82, 2.24) is 25.3 Å². The lowest BCUT2D eigenvalue weighted by atomic mass is 10.1. The number of hydrogen-bond acceptors (Lipinski definition) is 3. The minimum atomic E-state index is 0. The fourth-order valence-corrected chi connectivity index (χ4v) is 3.79. The normalized spacial score (nSPS) is 14.0. The van der Waals surface area contributed by atoms with Crippen LogP contribution in [0.5, 0.6) is 0 Å². The molecule has 0 radical (unpaired) electrons. The Kier molecular flexibility index (Phi) is 10.3. The number of likely N-dealkylation sites (tertiary alicyclic amines) is 1. The van der Waals surface area contributed by atoms with E-state index in [2.05, 4.69) is 52.5 Å². The number of carbonyl (C=O) groups is 1. The monoisotopic (exact) mass is 538 g/mol. The molecule has 1 aromatic carbocycles. The van der Waals surface area contributed by atoms with E-state index in [9.17, 15) is 4.79 Å². The predicted molar refractivity (Wildman–Crippen MR) is 136 cm³/mol. The zero-order valence-corrected chi connectivity index (χ0v) is 21.2. The standard InChI is InChI=1S/C23H34N6O.HI/c1-4-24-23(25-12-8-14-29-19(3)15-18(2)27-29)26-16-20-9-5-6-10-21(20)17-28-13-7-11-22(28)30;/h5-6,9-10,15H,4,7-8,11-14,16-17H2,1-3H3,(H2,24,25,26);1H. The minimum absolute atomic E-state index is 0.